The normalized spacial score (nSPS) is 18.8. The topological polar surface area (TPSA) is 85.4 Å². The van der Waals surface area contributed by atoms with E-state index in [1.807, 2.05) is 6.07 Å². The first kappa shape index (κ1) is 24.6. The maximum absolute atomic E-state index is 13.8. The SMILES string of the molecule is COCCN1CCC(Nc2cc(-n3nc(C(F)F)c4c3CC(C)(C)CC4)ccc2C(N)=O)CC1. The number of piperidine rings is 1. The van der Waals surface area contributed by atoms with Crippen molar-refractivity contribution in [3.63, 3.8) is 0 Å². The molecule has 1 aliphatic heterocycles. The summed E-state index contributed by atoms with van der Waals surface area (Å²) in [4.78, 5) is 14.5. The molecule has 34 heavy (non-hydrogen) atoms. The number of aromatic nitrogens is 2. The molecule has 0 bridgehead atoms. The molecule has 1 fully saturated rings. The van der Waals surface area contributed by atoms with Gasteiger partial charge in [0.15, 0.2) is 0 Å². The van der Waals surface area contributed by atoms with E-state index in [4.69, 9.17) is 10.5 Å². The fourth-order valence-corrected chi connectivity index (χ4v) is 5.09. The van der Waals surface area contributed by atoms with E-state index in [1.165, 1.54) is 0 Å². The summed E-state index contributed by atoms with van der Waals surface area (Å²) in [6.45, 7) is 7.78. The molecule has 1 aromatic heterocycles. The molecule has 3 N–H and O–H groups in total. The highest BCUT2D eigenvalue weighted by Gasteiger charge is 2.34. The fourth-order valence-electron chi connectivity index (χ4n) is 5.09. The number of primary amides is 1. The van der Waals surface area contributed by atoms with Crippen molar-refractivity contribution < 1.29 is 18.3 Å². The molecule has 1 amide bonds. The van der Waals surface area contributed by atoms with Crippen LogP contribution in [-0.2, 0) is 17.6 Å². The molecule has 0 radical (unpaired) electrons. The zero-order valence-electron chi connectivity index (χ0n) is 20.2. The summed E-state index contributed by atoms with van der Waals surface area (Å²) in [6.07, 6.45) is 1.33. The predicted molar refractivity (Wildman–Crippen MR) is 128 cm³/mol. The Morgan fingerprint density at radius 3 is 2.71 bits per heavy atom. The Bertz CT molecular complexity index is 1030. The Morgan fingerprint density at radius 1 is 1.32 bits per heavy atom. The molecule has 186 valence electrons. The van der Waals surface area contributed by atoms with Crippen LogP contribution in [0.3, 0.4) is 0 Å². The van der Waals surface area contributed by atoms with Crippen molar-refractivity contribution in [2.45, 2.75) is 58.4 Å². The quantitative estimate of drug-likeness (QED) is 0.604. The molecular weight excluding hydrogens is 440 g/mol. The van der Waals surface area contributed by atoms with Crippen molar-refractivity contribution in [3.8, 4) is 5.69 Å². The summed E-state index contributed by atoms with van der Waals surface area (Å²) in [7, 11) is 1.70. The molecule has 0 saturated carbocycles. The van der Waals surface area contributed by atoms with Gasteiger partial charge in [-0.15, -0.1) is 0 Å². The minimum atomic E-state index is -2.62. The number of nitrogens with two attached hydrogens (primary N) is 1. The molecule has 1 aliphatic carbocycles. The minimum Gasteiger partial charge on any atom is -0.383 e. The molecule has 4 rings (SSSR count). The van der Waals surface area contributed by atoms with Crippen LogP contribution in [-0.4, -0.2) is 60.0 Å². The molecule has 1 aromatic carbocycles. The van der Waals surface area contributed by atoms with Gasteiger partial charge in [0.2, 0.25) is 0 Å². The van der Waals surface area contributed by atoms with Gasteiger partial charge in [0, 0.05) is 49.7 Å². The highest BCUT2D eigenvalue weighted by atomic mass is 19.3. The summed E-state index contributed by atoms with van der Waals surface area (Å²) in [5.41, 5.74) is 8.68. The lowest BCUT2D eigenvalue weighted by molar-refractivity contribution is 0.100. The van der Waals surface area contributed by atoms with Gasteiger partial charge in [-0.25, -0.2) is 13.5 Å². The highest BCUT2D eigenvalue weighted by molar-refractivity contribution is 5.99. The van der Waals surface area contributed by atoms with Gasteiger partial charge in [-0.1, -0.05) is 13.8 Å². The highest BCUT2D eigenvalue weighted by Crippen LogP contribution is 2.39. The van der Waals surface area contributed by atoms with Crippen molar-refractivity contribution in [1.29, 1.82) is 0 Å². The van der Waals surface area contributed by atoms with Crippen LogP contribution in [0.1, 0.15) is 66.8 Å². The van der Waals surface area contributed by atoms with Crippen molar-refractivity contribution >= 4 is 11.6 Å². The lowest BCUT2D eigenvalue weighted by Gasteiger charge is -2.33. The zero-order chi connectivity index (χ0) is 24.5. The van der Waals surface area contributed by atoms with Crippen LogP contribution in [0, 0.1) is 5.41 Å². The standard InChI is InChI=1S/C25H35F2N5O2/c1-25(2)9-6-19-21(15-25)32(30-22(19)23(26)27)17-4-5-18(24(28)33)20(14-17)29-16-7-10-31(11-8-16)12-13-34-3/h4-5,14,16,23,29H,6-13,15H2,1-3H3,(H2,28,33). The van der Waals surface area contributed by atoms with E-state index in [0.717, 1.165) is 44.6 Å². The molecule has 1 saturated heterocycles. The molecular formula is C25H35F2N5O2. The van der Waals surface area contributed by atoms with E-state index in [0.29, 0.717) is 42.0 Å². The molecule has 0 spiro atoms. The van der Waals surface area contributed by atoms with Gasteiger partial charge >= 0.3 is 0 Å². The van der Waals surface area contributed by atoms with Crippen molar-refractivity contribution in [3.05, 3.63) is 40.7 Å². The second-order valence-corrected chi connectivity index (χ2v) is 10.2. The fraction of sp³-hybridized carbons (Fsp3) is 0.600. The Hall–Kier alpha value is -2.52. The average molecular weight is 476 g/mol. The third-order valence-electron chi connectivity index (χ3n) is 7.10. The number of hydrogen-bond acceptors (Lipinski definition) is 5. The smallest absolute Gasteiger partial charge is 0.282 e. The van der Waals surface area contributed by atoms with Crippen LogP contribution < -0.4 is 11.1 Å². The number of ether oxygens (including phenoxy) is 1. The van der Waals surface area contributed by atoms with Gasteiger partial charge in [-0.2, -0.15) is 5.10 Å². The van der Waals surface area contributed by atoms with Crippen LogP contribution in [0.15, 0.2) is 18.2 Å². The van der Waals surface area contributed by atoms with Gasteiger partial charge in [0.1, 0.15) is 5.69 Å². The van der Waals surface area contributed by atoms with Gasteiger partial charge in [-0.3, -0.25) is 4.79 Å². The number of carbonyl (C=O) groups is 1. The number of alkyl halides is 2. The van der Waals surface area contributed by atoms with Gasteiger partial charge in [-0.05, 0) is 55.7 Å². The largest absolute Gasteiger partial charge is 0.383 e. The first-order valence-electron chi connectivity index (χ1n) is 12.0. The minimum absolute atomic E-state index is 0.00914. The van der Waals surface area contributed by atoms with Gasteiger partial charge < -0.3 is 20.7 Å². The number of carbonyl (C=O) groups excluding carboxylic acids is 1. The first-order valence-corrected chi connectivity index (χ1v) is 12.0. The average Bonchev–Trinajstić information content (AvgIpc) is 3.16. The van der Waals surface area contributed by atoms with E-state index in [9.17, 15) is 13.6 Å². The molecule has 0 atom stereocenters. The number of nitrogens with zero attached hydrogens (tertiary/aromatic N) is 3. The van der Waals surface area contributed by atoms with Gasteiger partial charge in [0.05, 0.1) is 17.9 Å². The lowest BCUT2D eigenvalue weighted by Crippen LogP contribution is -2.40. The van der Waals surface area contributed by atoms with Crippen molar-refractivity contribution in [2.75, 3.05) is 38.7 Å². The van der Waals surface area contributed by atoms with E-state index in [2.05, 4.69) is 29.2 Å². The number of halogens is 2. The van der Waals surface area contributed by atoms with E-state index >= 15 is 0 Å². The molecule has 0 unspecified atom stereocenters. The van der Waals surface area contributed by atoms with E-state index < -0.39 is 12.3 Å². The number of rotatable bonds is 8. The summed E-state index contributed by atoms with van der Waals surface area (Å²) in [5.74, 6) is -0.525. The van der Waals surface area contributed by atoms with Crippen LogP contribution in [0.25, 0.3) is 5.69 Å². The number of benzene rings is 1. The van der Waals surface area contributed by atoms with E-state index in [1.54, 1.807) is 23.9 Å². The summed E-state index contributed by atoms with van der Waals surface area (Å²) in [5, 5.41) is 7.83. The third-order valence-corrected chi connectivity index (χ3v) is 7.10. The summed E-state index contributed by atoms with van der Waals surface area (Å²) < 4.78 is 34.4. The molecule has 7 nitrogen and oxygen atoms in total. The second kappa shape index (κ2) is 10.00. The van der Waals surface area contributed by atoms with Crippen LogP contribution in [0.5, 0.6) is 0 Å². The number of nitrogens with one attached hydrogen (secondary N) is 1. The Kier molecular flexibility index (Phi) is 7.23. The number of amides is 1. The van der Waals surface area contributed by atoms with Gasteiger partial charge in [0.25, 0.3) is 12.3 Å². The van der Waals surface area contributed by atoms with E-state index in [-0.39, 0.29) is 17.2 Å². The Morgan fingerprint density at radius 2 is 2.06 bits per heavy atom. The van der Waals surface area contributed by atoms with Crippen LogP contribution >= 0.6 is 0 Å². The maximum atomic E-state index is 13.8. The van der Waals surface area contributed by atoms with Crippen molar-refractivity contribution in [2.24, 2.45) is 11.1 Å². The number of likely N-dealkylation sites (tertiary alicyclic amines) is 1. The molecule has 2 aliphatic rings. The molecule has 9 heteroatoms. The number of methoxy groups -OCH3 is 1. The molecule has 2 heterocycles. The Labute approximate surface area is 199 Å². The molecule has 2 aromatic rings. The second-order valence-electron chi connectivity index (χ2n) is 10.2. The third kappa shape index (κ3) is 5.25. The number of hydrogen-bond donors (Lipinski definition) is 2. The number of fused-ring (bicyclic) bond motifs is 1. The first-order chi connectivity index (χ1) is 16.2. The zero-order valence-corrected chi connectivity index (χ0v) is 20.2. The summed E-state index contributed by atoms with van der Waals surface area (Å²) in [6, 6.07) is 5.41. The lowest BCUT2D eigenvalue weighted by atomic mass is 9.76. The predicted octanol–water partition coefficient (Wildman–Crippen LogP) is 3.95. The van der Waals surface area contributed by atoms with Crippen LogP contribution in [0.2, 0.25) is 0 Å². The maximum Gasteiger partial charge on any atom is 0.282 e. The van der Waals surface area contributed by atoms with Crippen molar-refractivity contribution in [1.82, 2.24) is 14.7 Å². The monoisotopic (exact) mass is 475 g/mol. The van der Waals surface area contributed by atoms with Crippen LogP contribution in [0.4, 0.5) is 14.5 Å². The Balaban J connectivity index is 1.63. The summed E-state index contributed by atoms with van der Waals surface area (Å²) >= 11 is 0. The number of anilines is 1.